The Morgan fingerprint density at radius 1 is 0.508 bits per heavy atom. The van der Waals surface area contributed by atoms with Gasteiger partial charge in [-0.05, 0) is 212 Å². The molecular weight excluding hydrogens is 2070 g/mol. The van der Waals surface area contributed by atoms with E-state index in [1.807, 2.05) is 60.3 Å². The predicted octanol–water partition coefficient (Wildman–Crippen LogP) is 8.88. The van der Waals surface area contributed by atoms with Crippen molar-refractivity contribution >= 4 is 121 Å². The zero-order valence-corrected chi connectivity index (χ0v) is 95.0. The molecule has 13 rings (SSSR count). The van der Waals surface area contributed by atoms with Crippen LogP contribution in [0.15, 0.2) is 176 Å². The number of aliphatic hydroxyl groups is 2. The summed E-state index contributed by atoms with van der Waals surface area (Å²) in [5.41, 5.74) is 6.75. The number of aliphatic hydroxyl groups excluding tert-OH is 2. The third-order valence-electron chi connectivity index (χ3n) is 16.9. The molecule has 132 heavy (non-hydrogen) atoms. The van der Waals surface area contributed by atoms with Crippen molar-refractivity contribution < 1.29 is 298 Å². The second-order valence-electron chi connectivity index (χ2n) is 29.6. The maximum absolute atomic E-state index is 13.3. The van der Waals surface area contributed by atoms with Crippen LogP contribution in [0.2, 0.25) is 0 Å². The van der Waals surface area contributed by atoms with E-state index in [-0.39, 0.29) is 264 Å². The van der Waals surface area contributed by atoms with Crippen LogP contribution in [0.25, 0.3) is 0 Å². The molecule has 20 nitrogen and oxygen atoms in total. The molecular formula is C91H111BCl6F8IK2Na2O20S. The van der Waals surface area contributed by atoms with E-state index >= 15 is 0 Å². The number of carbonyl (C=O) groups is 2. The van der Waals surface area contributed by atoms with Crippen LogP contribution in [0, 0.1) is 46.5 Å². The van der Waals surface area contributed by atoms with Crippen LogP contribution in [0.1, 0.15) is 115 Å². The Hall–Kier alpha value is -2.40. The number of phenols is 2. The molecule has 0 aromatic heterocycles. The van der Waals surface area contributed by atoms with E-state index in [1.54, 1.807) is 52.7 Å². The molecule has 5 aliphatic heterocycles. The zero-order chi connectivity index (χ0) is 96.6. The number of aldehydes is 1. The number of alkyl halides is 5. The predicted molar refractivity (Wildman–Crippen MR) is 497 cm³/mol. The zero-order valence-electron chi connectivity index (χ0n) is 80.2. The van der Waals surface area contributed by atoms with Crippen LogP contribution in [-0.4, -0.2) is 165 Å². The third-order valence-corrected chi connectivity index (χ3v) is 18.0. The first-order valence-corrected chi connectivity index (χ1v) is 44.8. The summed E-state index contributed by atoms with van der Waals surface area (Å²) in [4.78, 5) is 24.0. The first kappa shape index (κ1) is 138. The SMILES string of the molecule is C=C(C)CCl.C=C(C)COc1ccc(F)cc1.C=C(C)Cc1cc(F)ccc1O.CC1(CO)Cc2cc(F)ccc2O1.CI.COC(Cl)Cl.COCC1(C)Cc2cc(F)cc(C=O)c2O1.COCC1(C)Cc2cc(F)cc(CCl)c2O1.COCC1(C)Cc2cc(F)cc(CO)c2O1.COCC1(C)Cc2cc(F)ccc2O1.O=CO[O-].O=S(Cl)Cl.Oc1ccc(F)cc1.[B].[H-].[H-].[H-].[K+].[K+].[Na+].[Na+]. The molecule has 713 valence electrons. The minimum Gasteiger partial charge on any atom is -1.00 e. The third kappa shape index (κ3) is 54.6. The van der Waals surface area contributed by atoms with Crippen molar-refractivity contribution in [1.29, 1.82) is 0 Å². The van der Waals surface area contributed by atoms with E-state index in [0.29, 0.717) is 123 Å². The van der Waals surface area contributed by atoms with Gasteiger partial charge in [0.05, 0.1) is 51.1 Å². The number of phenolic OH excluding ortho intramolecular Hbond substituents is 2. The molecule has 8 aromatic carbocycles. The van der Waals surface area contributed by atoms with E-state index < -0.39 is 42.5 Å². The first-order valence-electron chi connectivity index (χ1n) is 37.9. The molecule has 4 N–H and O–H groups in total. The van der Waals surface area contributed by atoms with Gasteiger partial charge in [0.15, 0.2) is 6.29 Å². The molecule has 41 heteroatoms. The molecule has 3 radical (unpaired) electrons. The minimum absolute atomic E-state index is 0. The summed E-state index contributed by atoms with van der Waals surface area (Å²) in [5.74, 6) is 2.56. The summed E-state index contributed by atoms with van der Waals surface area (Å²) in [6, 6.07) is 32.2. The smallest absolute Gasteiger partial charge is 1.00 e. The number of allylic oxidation sites excluding steroid dienone is 2. The van der Waals surface area contributed by atoms with Crippen molar-refractivity contribution in [2.45, 2.75) is 139 Å². The number of hydrogen-bond donors (Lipinski definition) is 4. The van der Waals surface area contributed by atoms with Crippen molar-refractivity contribution in [1.82, 2.24) is 0 Å². The molecule has 0 saturated heterocycles. The van der Waals surface area contributed by atoms with E-state index in [2.05, 4.69) is 73.3 Å². The topological polar surface area (TPSA) is 266 Å². The summed E-state index contributed by atoms with van der Waals surface area (Å²) in [7, 11) is 15.2. The fourth-order valence-electron chi connectivity index (χ4n) is 12.0. The number of rotatable bonds is 20. The second-order valence-corrected chi connectivity index (χ2v) is 33.7. The summed E-state index contributed by atoms with van der Waals surface area (Å²) >= 11 is 23.2. The number of ether oxygens (including phenoxy) is 11. The van der Waals surface area contributed by atoms with Gasteiger partial charge in [-0.2, -0.15) is 0 Å². The number of methoxy groups -OCH3 is 5. The Kier molecular flexibility index (Phi) is 76.1. The number of halogens is 15. The van der Waals surface area contributed by atoms with Crippen molar-refractivity contribution in [3.8, 4) is 46.0 Å². The average molecular weight is 2180 g/mol. The van der Waals surface area contributed by atoms with Crippen LogP contribution < -0.4 is 196 Å². The maximum Gasteiger partial charge on any atom is 1.00 e. The van der Waals surface area contributed by atoms with E-state index in [1.165, 1.54) is 122 Å². The summed E-state index contributed by atoms with van der Waals surface area (Å²) < 4.78 is 170. The molecule has 0 saturated carbocycles. The molecule has 0 fully saturated rings. The van der Waals surface area contributed by atoms with Gasteiger partial charge in [-0.25, -0.2) is 39.3 Å². The van der Waals surface area contributed by atoms with Crippen LogP contribution in [0.3, 0.4) is 0 Å². The standard InChI is InChI=1S/C12H14ClFO2.C12H15FO3.C12H13FO3.C11H13FO2.C10H11FO2.2C10H11FO.C6H5FO.C4H7Cl.C2H4Cl2O.CH3I.CH2O3.B.Cl2OS.2K.2Na.3H/c1-12(7-15-2)5-8-3-10(14)4-9(6-13)11(8)16-12;2*1-12(7-15-2)5-8-3-10(13)4-9(6-14)11(8)16-12;1-11(7-13-2)6-8-5-9(12)3-4-10(8)14-11;1-10(6-12)5-7-4-8(11)2-3-9(7)13-10;1-8(2)7-12-10-5-3-9(11)4-6-10;1-7(2)5-8-6-9(11)3-4-10(8)12;7-5-1-3-6(8)4-2-5;1-4(2)3-5;1-5-2(3)4;1-2;2-1-4-3;;1-4(2)3;;;;;;;/h3-4H,5-7H2,1-2H3;3-4,14H,5-7H2,1-2H3;3-4,6H,5,7H2,1-2H3;3-5H,6-7H2,1-2H3;2-4,12H,5-6H2,1H3;3-6H,1,7H2,2H3;3-4,6,12H,1,5H2,2H3;1-4,8H;1,3H2,2H3;2H,1H3;1H3;1,3H;;;;;;;;;/q;;;;;;;;;;;;;;4*+1;3*-1/p-1. The fraction of sp³-hybridized carbons (Fsp3) is 0.385. The quantitative estimate of drug-likeness (QED) is 0.00638. The Morgan fingerprint density at radius 2 is 0.826 bits per heavy atom. The number of fused-ring (bicyclic) bond motifs is 5. The Labute approximate surface area is 949 Å². The van der Waals surface area contributed by atoms with E-state index in [9.17, 15) is 45.0 Å². The normalized spacial score (nSPS) is 16.9. The van der Waals surface area contributed by atoms with E-state index in [0.717, 1.165) is 56.0 Å². The van der Waals surface area contributed by atoms with Gasteiger partial charge in [0, 0.05) is 148 Å². The summed E-state index contributed by atoms with van der Waals surface area (Å²) in [6.45, 7) is 27.9. The van der Waals surface area contributed by atoms with Gasteiger partial charge >= 0.3 is 162 Å². The van der Waals surface area contributed by atoms with Crippen molar-refractivity contribution in [2.75, 3.05) is 86.0 Å². The molecule has 5 unspecified atom stereocenters. The number of aromatic hydroxyl groups is 2. The largest absolute Gasteiger partial charge is 1.00 e. The van der Waals surface area contributed by atoms with E-state index in [4.69, 9.17) is 123 Å². The molecule has 5 heterocycles. The van der Waals surface area contributed by atoms with Gasteiger partial charge in [-0.15, -0.1) is 23.2 Å². The molecule has 0 amide bonds. The van der Waals surface area contributed by atoms with Gasteiger partial charge < -0.3 is 87.0 Å². The van der Waals surface area contributed by atoms with Crippen molar-refractivity contribution in [2.24, 2.45) is 0 Å². The molecule has 5 atom stereocenters. The monoisotopic (exact) mass is 2180 g/mol. The number of carbonyl (C=O) groups excluding carboxylic acids is 2. The Bertz CT molecular complexity index is 4690. The first-order chi connectivity index (χ1) is 59.7. The Balaban J connectivity index is -0.000000220. The van der Waals surface area contributed by atoms with Crippen LogP contribution in [-0.2, 0) is 93.6 Å². The van der Waals surface area contributed by atoms with Crippen LogP contribution in [0.4, 0.5) is 35.1 Å². The summed E-state index contributed by atoms with van der Waals surface area (Å²) in [6.07, 6.45) is 4.20. The fourth-order valence-corrected chi connectivity index (χ4v) is 12.2. The Morgan fingerprint density at radius 3 is 1.17 bits per heavy atom. The van der Waals surface area contributed by atoms with Crippen LogP contribution in [0.5, 0.6) is 46.0 Å². The number of benzene rings is 8. The number of hydrogen-bond acceptors (Lipinski definition) is 20. The van der Waals surface area contributed by atoms with Gasteiger partial charge in [0.1, 0.15) is 127 Å². The van der Waals surface area contributed by atoms with Gasteiger partial charge in [0.25, 0.3) is 6.47 Å². The molecule has 5 aliphatic rings. The van der Waals surface area contributed by atoms with Crippen molar-refractivity contribution in [3.63, 3.8) is 0 Å². The average Bonchev–Trinajstić information content (AvgIpc) is 1.65. The molecule has 0 bridgehead atoms. The van der Waals surface area contributed by atoms with Gasteiger partial charge in [-0.1, -0.05) is 76.7 Å². The minimum atomic E-state index is -1.67. The van der Waals surface area contributed by atoms with Crippen LogP contribution >= 0.6 is 90.4 Å². The van der Waals surface area contributed by atoms with Gasteiger partial charge in [-0.3, -0.25) is 9.59 Å². The molecule has 8 aromatic rings. The second kappa shape index (κ2) is 72.8. The molecule has 0 spiro atoms. The van der Waals surface area contributed by atoms with Gasteiger partial charge in [0.2, 0.25) is 14.2 Å². The maximum atomic E-state index is 13.3. The molecule has 0 aliphatic carbocycles. The summed E-state index contributed by atoms with van der Waals surface area (Å²) in [5, 5.41) is 43.8. The van der Waals surface area contributed by atoms with Crippen molar-refractivity contribution in [3.05, 3.63) is 273 Å².